The number of piperidine rings is 1. The van der Waals surface area contributed by atoms with Crippen LogP contribution in [0.15, 0.2) is 66.9 Å². The zero-order valence-corrected chi connectivity index (χ0v) is 20.2. The van der Waals surface area contributed by atoms with E-state index < -0.39 is 0 Å². The van der Waals surface area contributed by atoms with Gasteiger partial charge in [-0.1, -0.05) is 24.3 Å². The smallest absolute Gasteiger partial charge is 0.253 e. The Morgan fingerprint density at radius 1 is 1.14 bits per heavy atom. The zero-order valence-electron chi connectivity index (χ0n) is 20.2. The highest BCUT2D eigenvalue weighted by Gasteiger charge is 2.43. The molecule has 1 atom stereocenters. The second-order valence-corrected chi connectivity index (χ2v) is 9.97. The summed E-state index contributed by atoms with van der Waals surface area (Å²) in [5.74, 6) is -0.121. The third-order valence-electron chi connectivity index (χ3n) is 7.42. The Hall–Kier alpha value is -3.25. The first kappa shape index (κ1) is 23.5. The SMILES string of the molecule is Cc1ccc(C(=O)N2CCC3(CC2)CO[C@H](Cc2cccc(F)c2)C3)cc1NCc1ccccn1. The van der Waals surface area contributed by atoms with Crippen LogP contribution in [0.3, 0.4) is 0 Å². The number of rotatable bonds is 6. The molecule has 1 spiro atoms. The van der Waals surface area contributed by atoms with Gasteiger partial charge in [-0.2, -0.15) is 0 Å². The van der Waals surface area contributed by atoms with Crippen LogP contribution in [0.2, 0.25) is 0 Å². The lowest BCUT2D eigenvalue weighted by atomic mass is 9.76. The van der Waals surface area contributed by atoms with E-state index in [4.69, 9.17) is 4.74 Å². The van der Waals surface area contributed by atoms with Crippen molar-refractivity contribution in [2.45, 2.75) is 45.3 Å². The highest BCUT2D eigenvalue weighted by atomic mass is 19.1. The Morgan fingerprint density at radius 3 is 2.77 bits per heavy atom. The lowest BCUT2D eigenvalue weighted by Gasteiger charge is -2.38. The number of halogens is 1. The third kappa shape index (κ3) is 5.54. The molecule has 3 aromatic rings. The molecule has 182 valence electrons. The minimum Gasteiger partial charge on any atom is -0.379 e. The fourth-order valence-corrected chi connectivity index (χ4v) is 5.30. The van der Waals surface area contributed by atoms with Gasteiger partial charge in [-0.15, -0.1) is 0 Å². The molecule has 0 radical (unpaired) electrons. The van der Waals surface area contributed by atoms with Crippen molar-refractivity contribution in [3.8, 4) is 0 Å². The van der Waals surface area contributed by atoms with Gasteiger partial charge in [-0.25, -0.2) is 4.39 Å². The number of hydrogen-bond acceptors (Lipinski definition) is 4. The molecule has 0 aliphatic carbocycles. The molecule has 2 aromatic carbocycles. The number of nitrogens with one attached hydrogen (secondary N) is 1. The first-order valence-electron chi connectivity index (χ1n) is 12.4. The average molecular weight is 474 g/mol. The molecule has 2 aliphatic heterocycles. The number of aryl methyl sites for hydroxylation is 1. The van der Waals surface area contributed by atoms with Gasteiger partial charge < -0.3 is 15.0 Å². The molecule has 2 saturated heterocycles. The Morgan fingerprint density at radius 2 is 2.00 bits per heavy atom. The maximum Gasteiger partial charge on any atom is 0.253 e. The van der Waals surface area contributed by atoms with Crippen LogP contribution in [0.25, 0.3) is 0 Å². The molecule has 35 heavy (non-hydrogen) atoms. The molecule has 0 unspecified atom stereocenters. The second-order valence-electron chi connectivity index (χ2n) is 9.97. The molecule has 6 heteroatoms. The lowest BCUT2D eigenvalue weighted by Crippen LogP contribution is -2.43. The van der Waals surface area contributed by atoms with Gasteiger partial charge in [-0.3, -0.25) is 9.78 Å². The first-order valence-corrected chi connectivity index (χ1v) is 12.4. The topological polar surface area (TPSA) is 54.5 Å². The van der Waals surface area contributed by atoms with Gasteiger partial charge in [0.25, 0.3) is 5.91 Å². The minimum absolute atomic E-state index is 0.0796. The number of ether oxygens (including phenoxy) is 1. The summed E-state index contributed by atoms with van der Waals surface area (Å²) in [6, 6.07) is 18.5. The van der Waals surface area contributed by atoms with Crippen molar-refractivity contribution in [1.29, 1.82) is 0 Å². The quantitative estimate of drug-likeness (QED) is 0.521. The van der Waals surface area contributed by atoms with Gasteiger partial charge in [0.1, 0.15) is 5.82 Å². The van der Waals surface area contributed by atoms with Crippen molar-refractivity contribution >= 4 is 11.6 Å². The van der Waals surface area contributed by atoms with Gasteiger partial charge in [0, 0.05) is 30.5 Å². The van der Waals surface area contributed by atoms with Crippen molar-refractivity contribution in [3.63, 3.8) is 0 Å². The predicted octanol–water partition coefficient (Wildman–Crippen LogP) is 5.40. The highest BCUT2D eigenvalue weighted by molar-refractivity contribution is 5.95. The van der Waals surface area contributed by atoms with Crippen molar-refractivity contribution in [3.05, 3.63) is 95.1 Å². The predicted molar refractivity (Wildman–Crippen MR) is 135 cm³/mol. The second kappa shape index (κ2) is 10.2. The van der Waals surface area contributed by atoms with E-state index in [0.29, 0.717) is 12.1 Å². The summed E-state index contributed by atoms with van der Waals surface area (Å²) in [7, 11) is 0. The van der Waals surface area contributed by atoms with E-state index in [0.717, 1.165) is 67.9 Å². The number of carbonyl (C=O) groups excluding carboxylic acids is 1. The van der Waals surface area contributed by atoms with Crippen LogP contribution < -0.4 is 5.32 Å². The molecule has 1 amide bonds. The third-order valence-corrected chi connectivity index (χ3v) is 7.42. The van der Waals surface area contributed by atoms with Gasteiger partial charge in [-0.05, 0) is 85.5 Å². The summed E-state index contributed by atoms with van der Waals surface area (Å²) in [6.07, 6.45) is 5.48. The van der Waals surface area contributed by atoms with Gasteiger partial charge in [0.15, 0.2) is 0 Å². The Kier molecular flexibility index (Phi) is 6.82. The summed E-state index contributed by atoms with van der Waals surface area (Å²) in [5, 5.41) is 3.42. The molecular weight excluding hydrogens is 441 g/mol. The van der Waals surface area contributed by atoms with Gasteiger partial charge in [0.2, 0.25) is 0 Å². The Labute approximate surface area is 206 Å². The number of benzene rings is 2. The largest absolute Gasteiger partial charge is 0.379 e. The number of carbonyl (C=O) groups is 1. The number of nitrogens with zero attached hydrogens (tertiary/aromatic N) is 2. The summed E-state index contributed by atoms with van der Waals surface area (Å²) >= 11 is 0. The Balaban J connectivity index is 1.17. The highest BCUT2D eigenvalue weighted by Crippen LogP contribution is 2.43. The van der Waals surface area contributed by atoms with Crippen molar-refractivity contribution < 1.29 is 13.9 Å². The van der Waals surface area contributed by atoms with E-state index in [1.54, 1.807) is 18.3 Å². The maximum atomic E-state index is 13.5. The van der Waals surface area contributed by atoms with Crippen LogP contribution >= 0.6 is 0 Å². The van der Waals surface area contributed by atoms with E-state index in [1.165, 1.54) is 6.07 Å². The van der Waals surface area contributed by atoms with Crippen LogP contribution in [0.5, 0.6) is 0 Å². The molecule has 1 aromatic heterocycles. The molecular formula is C29H32FN3O2. The number of hydrogen-bond donors (Lipinski definition) is 1. The number of likely N-dealkylation sites (tertiary alicyclic amines) is 1. The number of aromatic nitrogens is 1. The number of pyridine rings is 1. The number of amides is 1. The van der Waals surface area contributed by atoms with E-state index in [2.05, 4.69) is 10.3 Å². The Bertz CT molecular complexity index is 1180. The standard InChI is InChI=1S/C29H32FN3O2/c1-21-8-9-23(17-27(21)32-19-25-7-2-3-12-31-25)28(34)33-13-10-29(11-14-33)18-26(35-20-29)16-22-5-4-6-24(30)15-22/h2-9,12,15,17,26,32H,10-11,13-14,16,18-20H2,1H3/t26-/m1/s1. The van der Waals surface area contributed by atoms with Crippen LogP contribution in [0.4, 0.5) is 10.1 Å². The molecule has 3 heterocycles. The average Bonchev–Trinajstić information content (AvgIpc) is 3.26. The molecule has 2 fully saturated rings. The molecule has 2 aliphatic rings. The van der Waals surface area contributed by atoms with E-state index >= 15 is 0 Å². The fraction of sp³-hybridized carbons (Fsp3) is 0.379. The minimum atomic E-state index is -0.201. The molecule has 5 nitrogen and oxygen atoms in total. The van der Waals surface area contributed by atoms with Gasteiger partial charge in [0.05, 0.1) is 24.9 Å². The van der Waals surface area contributed by atoms with Gasteiger partial charge >= 0.3 is 0 Å². The van der Waals surface area contributed by atoms with Crippen LogP contribution in [0, 0.1) is 18.2 Å². The first-order chi connectivity index (χ1) is 17.0. The van der Waals surface area contributed by atoms with Crippen molar-refractivity contribution in [2.24, 2.45) is 5.41 Å². The monoisotopic (exact) mass is 473 g/mol. The lowest BCUT2D eigenvalue weighted by molar-refractivity contribution is 0.0496. The normalized spacial score (nSPS) is 19.1. The molecule has 0 saturated carbocycles. The van der Waals surface area contributed by atoms with E-state index in [9.17, 15) is 9.18 Å². The van der Waals surface area contributed by atoms with Crippen LogP contribution in [-0.2, 0) is 17.7 Å². The molecule has 0 bridgehead atoms. The molecule has 1 N–H and O–H groups in total. The van der Waals surface area contributed by atoms with E-state index in [1.807, 2.05) is 54.3 Å². The number of anilines is 1. The van der Waals surface area contributed by atoms with Crippen molar-refractivity contribution in [2.75, 3.05) is 25.0 Å². The van der Waals surface area contributed by atoms with E-state index in [-0.39, 0.29) is 23.2 Å². The summed E-state index contributed by atoms with van der Waals surface area (Å²) in [5.41, 5.74) is 4.83. The van der Waals surface area contributed by atoms with Crippen LogP contribution in [-0.4, -0.2) is 41.6 Å². The summed E-state index contributed by atoms with van der Waals surface area (Å²) < 4.78 is 19.7. The maximum absolute atomic E-state index is 13.5. The molecule has 5 rings (SSSR count). The van der Waals surface area contributed by atoms with Crippen molar-refractivity contribution in [1.82, 2.24) is 9.88 Å². The zero-order chi connectivity index (χ0) is 24.3. The summed E-state index contributed by atoms with van der Waals surface area (Å²) in [4.78, 5) is 19.6. The summed E-state index contributed by atoms with van der Waals surface area (Å²) in [6.45, 7) is 4.85. The fourth-order valence-electron chi connectivity index (χ4n) is 5.30. The van der Waals surface area contributed by atoms with Crippen LogP contribution in [0.1, 0.15) is 46.4 Å².